The van der Waals surface area contributed by atoms with E-state index in [0.29, 0.717) is 32.5 Å². The van der Waals surface area contributed by atoms with Crippen molar-refractivity contribution in [1.29, 1.82) is 0 Å². The second-order valence-electron chi connectivity index (χ2n) is 11.1. The van der Waals surface area contributed by atoms with Crippen LogP contribution in [0.25, 0.3) is 0 Å². The van der Waals surface area contributed by atoms with Gasteiger partial charge in [-0.2, -0.15) is 0 Å². The molecule has 0 unspecified atom stereocenters. The molecule has 1 saturated carbocycles. The molecule has 0 N–H and O–H groups in total. The molecule has 0 spiro atoms. The van der Waals surface area contributed by atoms with Crippen molar-refractivity contribution in [2.45, 2.75) is 77.3 Å². The van der Waals surface area contributed by atoms with E-state index >= 15 is 0 Å². The van der Waals surface area contributed by atoms with Crippen LogP contribution in [0.1, 0.15) is 79.5 Å². The molecule has 36 heavy (non-hydrogen) atoms. The first-order valence-corrected chi connectivity index (χ1v) is 14.8. The molecule has 0 bridgehead atoms. The standard InChI is InChI=1S/C30H41N3O2S/c1-22-7-10-25(11-8-22)30-26-15-20-36-27(26)13-16-31(30)17-14-28(34)32-18-19-33(23(2)21-32)29(35)12-9-24-5-3-4-6-24/h7-8,10-11,15,20,23-24,30H,3-6,9,12-14,16-19,21H2,1-2H3/t23-,30-/m1/s1. The highest BCUT2D eigenvalue weighted by molar-refractivity contribution is 7.10. The number of benzene rings is 1. The fraction of sp³-hybridized carbons (Fsp3) is 0.600. The quantitative estimate of drug-likeness (QED) is 0.502. The van der Waals surface area contributed by atoms with Crippen LogP contribution in [0, 0.1) is 12.8 Å². The van der Waals surface area contributed by atoms with E-state index in [1.807, 2.05) is 21.1 Å². The molecule has 6 heteroatoms. The predicted molar refractivity (Wildman–Crippen MR) is 146 cm³/mol. The number of amides is 2. The van der Waals surface area contributed by atoms with Gasteiger partial charge in [0.2, 0.25) is 11.8 Å². The van der Waals surface area contributed by atoms with Crippen molar-refractivity contribution in [2.75, 3.05) is 32.7 Å². The molecule has 2 fully saturated rings. The number of aryl methyl sites for hydroxylation is 1. The molecule has 5 nitrogen and oxygen atoms in total. The van der Waals surface area contributed by atoms with Gasteiger partial charge in [-0.05, 0) is 55.2 Å². The summed E-state index contributed by atoms with van der Waals surface area (Å²) in [5.41, 5.74) is 3.98. The van der Waals surface area contributed by atoms with Crippen molar-refractivity contribution >= 4 is 23.2 Å². The first-order valence-electron chi connectivity index (χ1n) is 13.9. The number of piperazine rings is 1. The van der Waals surface area contributed by atoms with Crippen molar-refractivity contribution in [2.24, 2.45) is 5.92 Å². The van der Waals surface area contributed by atoms with Gasteiger partial charge in [0.05, 0.1) is 6.04 Å². The average Bonchev–Trinajstić information content (AvgIpc) is 3.58. The highest BCUT2D eigenvalue weighted by atomic mass is 32.1. The molecule has 2 amide bonds. The van der Waals surface area contributed by atoms with Gasteiger partial charge in [0.15, 0.2) is 0 Å². The lowest BCUT2D eigenvalue weighted by atomic mass is 9.92. The number of hydrogen-bond acceptors (Lipinski definition) is 4. The van der Waals surface area contributed by atoms with Gasteiger partial charge in [-0.3, -0.25) is 14.5 Å². The van der Waals surface area contributed by atoms with Gasteiger partial charge in [0.1, 0.15) is 0 Å². The van der Waals surface area contributed by atoms with Crippen LogP contribution < -0.4 is 0 Å². The first-order chi connectivity index (χ1) is 17.5. The molecular formula is C30H41N3O2S. The van der Waals surface area contributed by atoms with Gasteiger partial charge in [-0.1, -0.05) is 55.5 Å². The summed E-state index contributed by atoms with van der Waals surface area (Å²) in [6, 6.07) is 11.5. The summed E-state index contributed by atoms with van der Waals surface area (Å²) in [6.07, 6.45) is 8.53. The van der Waals surface area contributed by atoms with Crippen LogP contribution >= 0.6 is 11.3 Å². The molecule has 194 valence electrons. The van der Waals surface area contributed by atoms with E-state index in [-0.39, 0.29) is 23.9 Å². The minimum atomic E-state index is 0.0995. The van der Waals surface area contributed by atoms with Gasteiger partial charge < -0.3 is 9.80 Å². The molecule has 1 aliphatic carbocycles. The molecule has 0 radical (unpaired) electrons. The Morgan fingerprint density at radius 1 is 0.972 bits per heavy atom. The number of hydrogen-bond donors (Lipinski definition) is 0. The Bertz CT molecular complexity index is 1040. The Hall–Kier alpha value is -2.18. The lowest BCUT2D eigenvalue weighted by Gasteiger charge is -2.41. The van der Waals surface area contributed by atoms with Crippen LogP contribution in [0.2, 0.25) is 0 Å². The van der Waals surface area contributed by atoms with Gasteiger partial charge in [0, 0.05) is 56.5 Å². The van der Waals surface area contributed by atoms with E-state index in [2.05, 4.69) is 54.5 Å². The van der Waals surface area contributed by atoms with Crippen LogP contribution in [0.5, 0.6) is 0 Å². The zero-order valence-electron chi connectivity index (χ0n) is 22.0. The van der Waals surface area contributed by atoms with Gasteiger partial charge >= 0.3 is 0 Å². The van der Waals surface area contributed by atoms with Gasteiger partial charge in [0.25, 0.3) is 0 Å². The summed E-state index contributed by atoms with van der Waals surface area (Å²) in [6.45, 7) is 7.97. The van der Waals surface area contributed by atoms with E-state index in [1.165, 1.54) is 47.3 Å². The minimum Gasteiger partial charge on any atom is -0.339 e. The van der Waals surface area contributed by atoms with Crippen molar-refractivity contribution in [3.63, 3.8) is 0 Å². The molecule has 1 saturated heterocycles. The molecule has 3 heterocycles. The van der Waals surface area contributed by atoms with E-state index < -0.39 is 0 Å². The third kappa shape index (κ3) is 5.70. The lowest BCUT2D eigenvalue weighted by Crippen LogP contribution is -2.55. The number of carbonyl (C=O) groups is 2. The van der Waals surface area contributed by atoms with E-state index in [4.69, 9.17) is 0 Å². The van der Waals surface area contributed by atoms with Crippen LogP contribution in [0.4, 0.5) is 0 Å². The van der Waals surface area contributed by atoms with Crippen LogP contribution in [0.15, 0.2) is 35.7 Å². The van der Waals surface area contributed by atoms with Crippen molar-refractivity contribution < 1.29 is 9.59 Å². The monoisotopic (exact) mass is 507 g/mol. The van der Waals surface area contributed by atoms with Crippen molar-refractivity contribution in [1.82, 2.24) is 14.7 Å². The fourth-order valence-corrected chi connectivity index (χ4v) is 7.37. The zero-order chi connectivity index (χ0) is 25.1. The maximum Gasteiger partial charge on any atom is 0.223 e. The summed E-state index contributed by atoms with van der Waals surface area (Å²) < 4.78 is 0. The van der Waals surface area contributed by atoms with E-state index in [9.17, 15) is 9.59 Å². The number of carbonyl (C=O) groups excluding carboxylic acids is 2. The van der Waals surface area contributed by atoms with E-state index in [1.54, 1.807) is 0 Å². The summed E-state index contributed by atoms with van der Waals surface area (Å²) >= 11 is 1.86. The molecule has 2 aromatic rings. The highest BCUT2D eigenvalue weighted by Crippen LogP contribution is 2.38. The van der Waals surface area contributed by atoms with Crippen LogP contribution in [-0.2, 0) is 16.0 Å². The molecule has 2 aliphatic heterocycles. The molecular weight excluding hydrogens is 466 g/mol. The second-order valence-corrected chi connectivity index (χ2v) is 12.1. The smallest absolute Gasteiger partial charge is 0.223 e. The fourth-order valence-electron chi connectivity index (χ4n) is 6.47. The maximum atomic E-state index is 13.2. The third-order valence-corrected chi connectivity index (χ3v) is 9.61. The van der Waals surface area contributed by atoms with E-state index in [0.717, 1.165) is 31.8 Å². The summed E-state index contributed by atoms with van der Waals surface area (Å²) in [5.74, 6) is 1.25. The molecule has 1 aromatic heterocycles. The highest BCUT2D eigenvalue weighted by Gasteiger charge is 2.32. The number of nitrogens with zero attached hydrogens (tertiary/aromatic N) is 3. The topological polar surface area (TPSA) is 43.9 Å². The molecule has 2 atom stereocenters. The molecule has 5 rings (SSSR count). The lowest BCUT2D eigenvalue weighted by molar-refractivity contribution is -0.142. The van der Waals surface area contributed by atoms with Crippen LogP contribution in [0.3, 0.4) is 0 Å². The van der Waals surface area contributed by atoms with Gasteiger partial charge in [-0.15, -0.1) is 11.3 Å². The number of thiophene rings is 1. The first kappa shape index (κ1) is 25.5. The largest absolute Gasteiger partial charge is 0.339 e. The minimum absolute atomic E-state index is 0.0995. The third-order valence-electron chi connectivity index (χ3n) is 8.61. The Morgan fingerprint density at radius 3 is 2.50 bits per heavy atom. The summed E-state index contributed by atoms with van der Waals surface area (Å²) in [7, 11) is 0. The SMILES string of the molecule is Cc1ccc([C@@H]2c3ccsc3CCN2CCC(=O)N2CCN(C(=O)CCC3CCCC3)[C@H](C)C2)cc1. The van der Waals surface area contributed by atoms with Gasteiger partial charge in [-0.25, -0.2) is 0 Å². The zero-order valence-corrected chi connectivity index (χ0v) is 22.8. The Balaban J connectivity index is 1.15. The maximum absolute atomic E-state index is 13.2. The summed E-state index contributed by atoms with van der Waals surface area (Å²) in [5, 5.41) is 2.20. The summed E-state index contributed by atoms with van der Waals surface area (Å²) in [4.78, 5) is 34.1. The second kappa shape index (κ2) is 11.5. The average molecular weight is 508 g/mol. The molecule has 3 aliphatic rings. The Kier molecular flexibility index (Phi) is 8.12. The Morgan fingerprint density at radius 2 is 1.75 bits per heavy atom. The molecule has 1 aromatic carbocycles. The van der Waals surface area contributed by atoms with Crippen molar-refractivity contribution in [3.05, 3.63) is 57.3 Å². The number of rotatable bonds is 7. The predicted octanol–water partition coefficient (Wildman–Crippen LogP) is 5.42. The van der Waals surface area contributed by atoms with Crippen LogP contribution in [-0.4, -0.2) is 65.3 Å². The Labute approximate surface area is 220 Å². The number of fused-ring (bicyclic) bond motifs is 1. The van der Waals surface area contributed by atoms with Crippen molar-refractivity contribution in [3.8, 4) is 0 Å². The normalized spacial score (nSPS) is 23.2.